The molecule has 10 nitrogen and oxygen atoms in total. The Hall–Kier alpha value is -2.92. The van der Waals surface area contributed by atoms with Gasteiger partial charge in [0, 0.05) is 43.9 Å². The van der Waals surface area contributed by atoms with Crippen molar-refractivity contribution in [3.05, 3.63) is 51.0 Å². The number of hydrogen-bond acceptors (Lipinski definition) is 8. The summed E-state index contributed by atoms with van der Waals surface area (Å²) < 4.78 is 9.51. The summed E-state index contributed by atoms with van der Waals surface area (Å²) in [7, 11) is 1.73. The fourth-order valence-corrected chi connectivity index (χ4v) is 4.54. The van der Waals surface area contributed by atoms with Crippen molar-refractivity contribution >= 4 is 39.2 Å². The minimum Gasteiger partial charge on any atom is -0.464 e. The van der Waals surface area contributed by atoms with Crippen LogP contribution >= 0.6 is 15.9 Å². The molecule has 1 aliphatic rings. The number of nitrogens with one attached hydrogen (secondary N) is 2. The third kappa shape index (κ3) is 5.58. The molecule has 3 atom stereocenters. The van der Waals surface area contributed by atoms with E-state index in [1.54, 1.807) is 35.3 Å². The van der Waals surface area contributed by atoms with E-state index in [1.807, 2.05) is 18.3 Å². The van der Waals surface area contributed by atoms with E-state index >= 15 is 0 Å². The lowest BCUT2D eigenvalue weighted by molar-refractivity contribution is -0.146. The second-order valence-corrected chi connectivity index (χ2v) is 9.66. The highest BCUT2D eigenvalue weighted by Crippen LogP contribution is 2.29. The van der Waals surface area contributed by atoms with Crippen molar-refractivity contribution < 1.29 is 9.53 Å². The van der Waals surface area contributed by atoms with Gasteiger partial charge in [0.05, 0.1) is 17.3 Å². The second-order valence-electron chi connectivity index (χ2n) is 8.81. The molecule has 0 saturated heterocycles. The van der Waals surface area contributed by atoms with Crippen molar-refractivity contribution in [3.8, 4) is 0 Å². The zero-order chi connectivity index (χ0) is 24.2. The monoisotopic (exact) mass is 531 g/mol. The number of carbonyl (C=O) groups excluding carboxylic acids is 1. The number of fused-ring (bicyclic) bond motifs is 1. The van der Waals surface area contributed by atoms with Gasteiger partial charge >= 0.3 is 5.97 Å². The highest BCUT2D eigenvalue weighted by Gasteiger charge is 2.27. The van der Waals surface area contributed by atoms with Gasteiger partial charge in [-0.1, -0.05) is 18.9 Å². The molecular weight excluding hydrogens is 502 g/mol. The van der Waals surface area contributed by atoms with Gasteiger partial charge in [-0.2, -0.15) is 9.61 Å². The molecule has 0 aromatic carbocycles. The Bertz CT molecular complexity index is 1220. The minimum absolute atomic E-state index is 0.0498. The number of esters is 1. The lowest BCUT2D eigenvalue weighted by Crippen LogP contribution is -2.38. The van der Waals surface area contributed by atoms with Crippen LogP contribution in [0.15, 0.2) is 39.9 Å². The normalized spacial score (nSPS) is 19.1. The highest BCUT2D eigenvalue weighted by atomic mass is 79.9. The molecule has 11 heteroatoms. The van der Waals surface area contributed by atoms with Gasteiger partial charge in [-0.05, 0) is 41.3 Å². The summed E-state index contributed by atoms with van der Waals surface area (Å²) in [4.78, 5) is 28.3. The highest BCUT2D eigenvalue weighted by molar-refractivity contribution is 9.10. The van der Waals surface area contributed by atoms with Crippen LogP contribution in [0.1, 0.15) is 38.2 Å². The Morgan fingerprint density at radius 3 is 2.91 bits per heavy atom. The lowest BCUT2D eigenvalue weighted by atomic mass is 9.85. The van der Waals surface area contributed by atoms with Crippen LogP contribution in [-0.2, 0) is 23.1 Å². The summed E-state index contributed by atoms with van der Waals surface area (Å²) in [5.41, 5.74) is 7.24. The topological polar surface area (TPSA) is 129 Å². The van der Waals surface area contributed by atoms with Crippen LogP contribution in [0.2, 0.25) is 0 Å². The zero-order valence-corrected chi connectivity index (χ0v) is 20.9. The number of aromatic nitrogens is 4. The lowest BCUT2D eigenvalue weighted by Gasteiger charge is -2.32. The Balaban J connectivity index is 1.53. The summed E-state index contributed by atoms with van der Waals surface area (Å²) in [6, 6.07) is 4.79. The molecule has 1 saturated carbocycles. The minimum atomic E-state index is -0.626. The van der Waals surface area contributed by atoms with Gasteiger partial charge in [0.15, 0.2) is 5.65 Å². The van der Waals surface area contributed by atoms with Crippen LogP contribution in [-0.4, -0.2) is 43.8 Å². The van der Waals surface area contributed by atoms with Crippen molar-refractivity contribution in [2.75, 3.05) is 17.2 Å². The van der Waals surface area contributed by atoms with E-state index in [0.29, 0.717) is 24.6 Å². The molecule has 3 heterocycles. The molecule has 0 amide bonds. The Morgan fingerprint density at radius 2 is 2.15 bits per heavy atom. The van der Waals surface area contributed by atoms with Crippen molar-refractivity contribution in [1.82, 2.24) is 19.2 Å². The van der Waals surface area contributed by atoms with E-state index in [4.69, 9.17) is 15.5 Å². The summed E-state index contributed by atoms with van der Waals surface area (Å²) in [5.74, 6) is 1.29. The SMILES string of the molecule is C[C@H](N)C(=O)OC[C@@H]1CCCC[C@@H]1Nc1cc(NCc2ccc(=O)n(C)c2)n2ncc(Br)c2n1. The molecule has 4 rings (SSSR count). The molecule has 1 fully saturated rings. The number of ether oxygens (including phenoxy) is 1. The van der Waals surface area contributed by atoms with Crippen molar-refractivity contribution in [3.63, 3.8) is 0 Å². The Labute approximate surface area is 206 Å². The molecule has 3 aromatic heterocycles. The number of nitrogens with zero attached hydrogens (tertiary/aromatic N) is 4. The van der Waals surface area contributed by atoms with Crippen LogP contribution in [0.3, 0.4) is 0 Å². The molecule has 4 N–H and O–H groups in total. The first-order chi connectivity index (χ1) is 16.3. The van der Waals surface area contributed by atoms with Crippen molar-refractivity contribution in [2.45, 2.75) is 51.2 Å². The predicted molar refractivity (Wildman–Crippen MR) is 134 cm³/mol. The number of hydrogen-bond donors (Lipinski definition) is 3. The smallest absolute Gasteiger partial charge is 0.322 e. The van der Waals surface area contributed by atoms with Crippen LogP contribution in [0.4, 0.5) is 11.6 Å². The summed E-state index contributed by atoms with van der Waals surface area (Å²) in [5, 5.41) is 11.4. The van der Waals surface area contributed by atoms with E-state index in [2.05, 4.69) is 31.7 Å². The van der Waals surface area contributed by atoms with Gasteiger partial charge in [-0.25, -0.2) is 4.98 Å². The van der Waals surface area contributed by atoms with Crippen molar-refractivity contribution in [1.29, 1.82) is 0 Å². The molecule has 182 valence electrons. The van der Waals surface area contributed by atoms with Crippen LogP contribution in [0.5, 0.6) is 0 Å². The van der Waals surface area contributed by atoms with E-state index in [0.717, 1.165) is 41.5 Å². The first kappa shape index (κ1) is 24.2. The third-order valence-electron chi connectivity index (χ3n) is 6.10. The number of nitrogens with two attached hydrogens (primary N) is 1. The Kier molecular flexibility index (Phi) is 7.52. The van der Waals surface area contributed by atoms with Crippen molar-refractivity contribution in [2.24, 2.45) is 18.7 Å². The standard InChI is InChI=1S/C23H30BrN7O3/c1-14(25)23(33)34-13-16-5-3-4-6-18(16)28-19-9-20(31-22(29-19)17(24)11-27-31)26-10-15-7-8-21(32)30(2)12-15/h7-9,11-12,14,16,18,26H,3-6,10,13,25H2,1-2H3,(H,28,29)/t14-,16-,18-/m0/s1. The molecule has 34 heavy (non-hydrogen) atoms. The number of aryl methyl sites for hydroxylation is 1. The zero-order valence-electron chi connectivity index (χ0n) is 19.3. The van der Waals surface area contributed by atoms with Gasteiger partial charge < -0.3 is 25.7 Å². The number of pyridine rings is 1. The van der Waals surface area contributed by atoms with Gasteiger partial charge in [-0.3, -0.25) is 9.59 Å². The summed E-state index contributed by atoms with van der Waals surface area (Å²) in [6.45, 7) is 2.49. The van der Waals surface area contributed by atoms with Gasteiger partial charge in [0.2, 0.25) is 5.56 Å². The fourth-order valence-electron chi connectivity index (χ4n) is 4.19. The number of carbonyl (C=O) groups is 1. The predicted octanol–water partition coefficient (Wildman–Crippen LogP) is 2.66. The molecule has 0 radical (unpaired) electrons. The summed E-state index contributed by atoms with van der Waals surface area (Å²) in [6.07, 6.45) is 7.66. The first-order valence-electron chi connectivity index (χ1n) is 11.4. The van der Waals surface area contributed by atoms with Crippen LogP contribution in [0.25, 0.3) is 5.65 Å². The maximum atomic E-state index is 11.9. The molecular formula is C23H30BrN7O3. The molecule has 3 aromatic rings. The van der Waals surface area contributed by atoms with E-state index in [-0.39, 0.29) is 23.5 Å². The average Bonchev–Trinajstić information content (AvgIpc) is 3.19. The van der Waals surface area contributed by atoms with Gasteiger partial charge in [0.25, 0.3) is 0 Å². The summed E-state index contributed by atoms with van der Waals surface area (Å²) >= 11 is 3.53. The first-order valence-corrected chi connectivity index (χ1v) is 12.2. The fraction of sp³-hybridized carbons (Fsp3) is 0.478. The van der Waals surface area contributed by atoms with E-state index in [9.17, 15) is 9.59 Å². The van der Waals surface area contributed by atoms with Crippen LogP contribution in [0, 0.1) is 5.92 Å². The van der Waals surface area contributed by atoms with E-state index < -0.39 is 6.04 Å². The largest absolute Gasteiger partial charge is 0.464 e. The third-order valence-corrected chi connectivity index (χ3v) is 6.66. The Morgan fingerprint density at radius 1 is 1.35 bits per heavy atom. The molecule has 0 bridgehead atoms. The molecule has 0 aliphatic heterocycles. The number of anilines is 2. The van der Waals surface area contributed by atoms with Crippen LogP contribution < -0.4 is 21.9 Å². The molecule has 0 unspecified atom stereocenters. The van der Waals surface area contributed by atoms with E-state index in [1.165, 1.54) is 0 Å². The number of rotatable bonds is 8. The maximum Gasteiger partial charge on any atom is 0.322 e. The maximum absolute atomic E-state index is 11.9. The number of halogens is 1. The average molecular weight is 532 g/mol. The molecule has 0 spiro atoms. The quantitative estimate of drug-likeness (QED) is 0.378. The second kappa shape index (κ2) is 10.6. The van der Waals surface area contributed by atoms with Gasteiger partial charge in [0.1, 0.15) is 17.7 Å². The van der Waals surface area contributed by atoms with Gasteiger partial charge in [-0.15, -0.1) is 0 Å². The molecule has 1 aliphatic carbocycles.